The van der Waals surface area contributed by atoms with E-state index in [4.69, 9.17) is 16.3 Å². The summed E-state index contributed by atoms with van der Waals surface area (Å²) in [5, 5.41) is 4.56. The minimum atomic E-state index is -0.273. The van der Waals surface area contributed by atoms with E-state index in [1.165, 1.54) is 19.2 Å². The normalized spacial score (nSPS) is 21.8. The largest absolute Gasteiger partial charge is 0.489 e. The number of nitrogens with zero attached hydrogens (tertiary/aromatic N) is 3. The van der Waals surface area contributed by atoms with Crippen LogP contribution >= 0.6 is 11.6 Å². The minimum absolute atomic E-state index is 0.0110. The van der Waals surface area contributed by atoms with Gasteiger partial charge in [-0.2, -0.15) is 5.10 Å². The van der Waals surface area contributed by atoms with Gasteiger partial charge >= 0.3 is 0 Å². The lowest BCUT2D eigenvalue weighted by Gasteiger charge is -2.38. The van der Waals surface area contributed by atoms with Crippen LogP contribution in [0.1, 0.15) is 40.1 Å². The van der Waals surface area contributed by atoms with Crippen LogP contribution in [0.25, 0.3) is 0 Å². The first kappa shape index (κ1) is 18.7. The summed E-state index contributed by atoms with van der Waals surface area (Å²) in [6.45, 7) is 1.11. The Balaban J connectivity index is 1.50. The van der Waals surface area contributed by atoms with Crippen molar-refractivity contribution in [3.63, 3.8) is 0 Å². The summed E-state index contributed by atoms with van der Waals surface area (Å²) in [7, 11) is 1.52. The van der Waals surface area contributed by atoms with Crippen LogP contribution < -0.4 is 10.3 Å². The van der Waals surface area contributed by atoms with Crippen LogP contribution in [0.3, 0.4) is 0 Å². The number of aromatic nitrogens is 2. The van der Waals surface area contributed by atoms with Crippen molar-refractivity contribution in [1.82, 2.24) is 14.7 Å². The Morgan fingerprint density at radius 2 is 2.07 bits per heavy atom. The summed E-state index contributed by atoms with van der Waals surface area (Å²) in [6.07, 6.45) is 1.71. The molecule has 0 aliphatic carbocycles. The molecular weight excluding hydrogens is 382 g/mol. The zero-order valence-corrected chi connectivity index (χ0v) is 16.2. The molecule has 146 valence electrons. The predicted octanol–water partition coefficient (Wildman–Crippen LogP) is 2.32. The number of ketones is 1. The molecule has 2 aromatic rings. The van der Waals surface area contributed by atoms with Crippen molar-refractivity contribution in [2.75, 3.05) is 13.1 Å². The Labute approximate surface area is 166 Å². The molecule has 1 saturated heterocycles. The number of Topliss-reactive ketones (excluding diaryl/α,β-unsaturated/α-hetero) is 1. The highest BCUT2D eigenvalue weighted by molar-refractivity contribution is 6.31. The Bertz CT molecular complexity index is 1000. The van der Waals surface area contributed by atoms with Crippen molar-refractivity contribution in [2.45, 2.75) is 25.4 Å². The Hall–Kier alpha value is -2.67. The van der Waals surface area contributed by atoms with Crippen molar-refractivity contribution in [3.05, 3.63) is 57.0 Å². The van der Waals surface area contributed by atoms with Gasteiger partial charge in [0.15, 0.2) is 5.78 Å². The number of rotatable bonds is 2. The highest BCUT2D eigenvalue weighted by Crippen LogP contribution is 2.34. The molecule has 28 heavy (non-hydrogen) atoms. The molecule has 0 spiro atoms. The number of amides is 1. The lowest BCUT2D eigenvalue weighted by Crippen LogP contribution is -2.46. The van der Waals surface area contributed by atoms with Crippen LogP contribution in [0.15, 0.2) is 35.1 Å². The Kier molecular flexibility index (Phi) is 4.93. The van der Waals surface area contributed by atoms with Gasteiger partial charge in [-0.1, -0.05) is 11.6 Å². The van der Waals surface area contributed by atoms with E-state index in [9.17, 15) is 14.4 Å². The molecule has 3 heterocycles. The number of piperidine rings is 1. The Morgan fingerprint density at radius 3 is 2.86 bits per heavy atom. The second kappa shape index (κ2) is 7.39. The van der Waals surface area contributed by atoms with Crippen molar-refractivity contribution in [1.29, 1.82) is 0 Å². The van der Waals surface area contributed by atoms with Crippen molar-refractivity contribution >= 4 is 23.3 Å². The predicted molar refractivity (Wildman–Crippen MR) is 103 cm³/mol. The minimum Gasteiger partial charge on any atom is -0.489 e. The lowest BCUT2D eigenvalue weighted by molar-refractivity contribution is 0.0404. The third-order valence-electron chi connectivity index (χ3n) is 5.36. The molecule has 7 nitrogen and oxygen atoms in total. The van der Waals surface area contributed by atoms with Gasteiger partial charge in [0.2, 0.25) is 0 Å². The maximum absolute atomic E-state index is 12.8. The summed E-state index contributed by atoms with van der Waals surface area (Å²) in [5.74, 6) is 0.401. The summed E-state index contributed by atoms with van der Waals surface area (Å²) in [5.41, 5.74) is 0.492. The molecule has 0 saturated carbocycles. The molecule has 2 atom stereocenters. The summed E-state index contributed by atoms with van der Waals surface area (Å²) >= 11 is 5.98. The molecule has 1 fully saturated rings. The maximum atomic E-state index is 12.8. The van der Waals surface area contributed by atoms with Gasteiger partial charge in [-0.05, 0) is 37.1 Å². The molecule has 0 unspecified atom stereocenters. The molecule has 8 heteroatoms. The number of halogens is 1. The fraction of sp³-hybridized carbons (Fsp3) is 0.400. The van der Waals surface area contributed by atoms with E-state index in [2.05, 4.69) is 5.10 Å². The number of ether oxygens (including phenoxy) is 1. The van der Waals surface area contributed by atoms with E-state index in [-0.39, 0.29) is 41.4 Å². The van der Waals surface area contributed by atoms with E-state index in [1.54, 1.807) is 23.1 Å². The number of aryl methyl sites for hydroxylation is 1. The lowest BCUT2D eigenvalue weighted by atomic mass is 9.87. The van der Waals surface area contributed by atoms with Gasteiger partial charge in [0.1, 0.15) is 17.5 Å². The molecule has 2 aliphatic heterocycles. The van der Waals surface area contributed by atoms with E-state index in [0.29, 0.717) is 29.4 Å². The van der Waals surface area contributed by atoms with E-state index < -0.39 is 0 Å². The molecule has 2 aliphatic rings. The van der Waals surface area contributed by atoms with Crippen LogP contribution in [-0.2, 0) is 7.05 Å². The van der Waals surface area contributed by atoms with Crippen LogP contribution in [-0.4, -0.2) is 45.6 Å². The van der Waals surface area contributed by atoms with E-state index in [1.807, 2.05) is 0 Å². The van der Waals surface area contributed by atoms with Crippen molar-refractivity contribution in [2.24, 2.45) is 13.0 Å². The van der Waals surface area contributed by atoms with Crippen LogP contribution in [0.2, 0.25) is 5.02 Å². The Morgan fingerprint density at radius 1 is 1.25 bits per heavy atom. The quantitative estimate of drug-likeness (QED) is 0.771. The summed E-state index contributed by atoms with van der Waals surface area (Å²) in [6, 6.07) is 7.86. The standard InChI is InChI=1S/C20H20ClN3O4/c1-23-19(26)7-5-15(22-23)20(27)24-8-2-3-12(11-24)18-10-16(25)14-9-13(21)4-6-17(14)28-18/h4-7,9,12,18H,2-3,8,10-11H2,1H3/t12-,18-/m0/s1. The number of fused-ring (bicyclic) bond motifs is 1. The van der Waals surface area contributed by atoms with Gasteiger partial charge in [-0.25, -0.2) is 4.68 Å². The molecule has 1 amide bonds. The highest BCUT2D eigenvalue weighted by Gasteiger charge is 2.36. The van der Waals surface area contributed by atoms with Gasteiger partial charge in [0.25, 0.3) is 11.5 Å². The van der Waals surface area contributed by atoms with E-state index in [0.717, 1.165) is 17.5 Å². The maximum Gasteiger partial charge on any atom is 0.274 e. The molecule has 0 bridgehead atoms. The number of hydrogen-bond acceptors (Lipinski definition) is 5. The number of carbonyl (C=O) groups is 2. The van der Waals surface area contributed by atoms with Gasteiger partial charge in [-0.15, -0.1) is 0 Å². The van der Waals surface area contributed by atoms with Gasteiger partial charge < -0.3 is 9.64 Å². The number of likely N-dealkylation sites (tertiary alicyclic amines) is 1. The van der Waals surface area contributed by atoms with Gasteiger partial charge in [0.05, 0.1) is 5.56 Å². The van der Waals surface area contributed by atoms with Gasteiger partial charge in [0, 0.05) is 43.6 Å². The fourth-order valence-corrected chi connectivity index (χ4v) is 4.03. The zero-order valence-electron chi connectivity index (χ0n) is 15.4. The topological polar surface area (TPSA) is 81.5 Å². The third-order valence-corrected chi connectivity index (χ3v) is 5.59. The first-order valence-corrected chi connectivity index (χ1v) is 9.63. The number of benzene rings is 1. The van der Waals surface area contributed by atoms with Crippen molar-refractivity contribution < 1.29 is 14.3 Å². The second-order valence-electron chi connectivity index (χ2n) is 7.26. The average molecular weight is 402 g/mol. The molecular formula is C20H20ClN3O4. The molecule has 4 rings (SSSR count). The van der Waals surface area contributed by atoms with E-state index >= 15 is 0 Å². The highest BCUT2D eigenvalue weighted by atomic mass is 35.5. The SMILES string of the molecule is Cn1nc(C(=O)N2CCC[C@H]([C@@H]3CC(=O)c4cc(Cl)ccc4O3)C2)ccc1=O. The first-order valence-electron chi connectivity index (χ1n) is 9.25. The van der Waals surface area contributed by atoms with Crippen LogP contribution in [0.4, 0.5) is 0 Å². The molecule has 1 aromatic carbocycles. The second-order valence-corrected chi connectivity index (χ2v) is 7.69. The van der Waals surface area contributed by atoms with Crippen LogP contribution in [0, 0.1) is 5.92 Å². The smallest absolute Gasteiger partial charge is 0.274 e. The monoisotopic (exact) mass is 401 g/mol. The summed E-state index contributed by atoms with van der Waals surface area (Å²) in [4.78, 5) is 38.6. The average Bonchev–Trinajstić information content (AvgIpc) is 2.70. The first-order chi connectivity index (χ1) is 13.4. The van der Waals surface area contributed by atoms with Gasteiger partial charge in [-0.3, -0.25) is 14.4 Å². The van der Waals surface area contributed by atoms with Crippen LogP contribution in [0.5, 0.6) is 5.75 Å². The fourth-order valence-electron chi connectivity index (χ4n) is 3.86. The molecule has 1 aromatic heterocycles. The zero-order chi connectivity index (χ0) is 19.8. The molecule has 0 radical (unpaired) electrons. The molecule has 0 N–H and O–H groups in total. The van der Waals surface area contributed by atoms with Crippen molar-refractivity contribution in [3.8, 4) is 5.75 Å². The number of hydrogen-bond donors (Lipinski definition) is 0. The third kappa shape index (κ3) is 3.54. The number of carbonyl (C=O) groups excluding carboxylic acids is 2. The summed E-state index contributed by atoms with van der Waals surface area (Å²) < 4.78 is 7.24.